The number of benzene rings is 2. The summed E-state index contributed by atoms with van der Waals surface area (Å²) in [6, 6.07) is 13.8. The number of rotatable bonds is 6. The average molecular weight is 393 g/mol. The van der Waals surface area contributed by atoms with Gasteiger partial charge in [0.25, 0.3) is 0 Å². The van der Waals surface area contributed by atoms with E-state index >= 15 is 0 Å². The molecule has 6 nitrogen and oxygen atoms in total. The lowest BCUT2D eigenvalue weighted by Gasteiger charge is -2.38. The summed E-state index contributed by atoms with van der Waals surface area (Å²) in [5.74, 6) is -0.278. The van der Waals surface area contributed by atoms with Crippen LogP contribution in [0.15, 0.2) is 48.7 Å². The van der Waals surface area contributed by atoms with E-state index in [2.05, 4.69) is 23.8 Å². The first-order valence-corrected chi connectivity index (χ1v) is 10.2. The molecular formula is C23H27N3O3. The van der Waals surface area contributed by atoms with Crippen molar-refractivity contribution in [3.8, 4) is 5.75 Å². The maximum atomic E-state index is 12.1. The van der Waals surface area contributed by atoms with E-state index in [1.165, 1.54) is 11.3 Å². The number of aliphatic carboxylic acids is 1. The van der Waals surface area contributed by atoms with E-state index in [1.54, 1.807) is 0 Å². The number of fused-ring (bicyclic) bond motifs is 1. The molecular weight excluding hydrogens is 366 g/mol. The highest BCUT2D eigenvalue weighted by Gasteiger charge is 2.44. The minimum Gasteiger partial charge on any atom is -0.478 e. The first-order valence-electron chi connectivity index (χ1n) is 10.2. The monoisotopic (exact) mass is 393 g/mol. The van der Waals surface area contributed by atoms with Crippen LogP contribution in [0.4, 0.5) is 0 Å². The van der Waals surface area contributed by atoms with Crippen molar-refractivity contribution in [2.75, 3.05) is 13.1 Å². The van der Waals surface area contributed by atoms with E-state index < -0.39 is 11.6 Å². The second kappa shape index (κ2) is 7.87. The molecule has 1 aliphatic heterocycles. The molecule has 3 aromatic rings. The fourth-order valence-electron chi connectivity index (χ4n) is 4.09. The van der Waals surface area contributed by atoms with Gasteiger partial charge >= 0.3 is 5.97 Å². The lowest BCUT2D eigenvalue weighted by molar-refractivity contribution is -0.159. The van der Waals surface area contributed by atoms with E-state index in [0.29, 0.717) is 31.7 Å². The molecule has 0 unspecified atom stereocenters. The van der Waals surface area contributed by atoms with Gasteiger partial charge in [0.1, 0.15) is 5.75 Å². The summed E-state index contributed by atoms with van der Waals surface area (Å²) in [5.41, 5.74) is 1.20. The maximum Gasteiger partial charge on any atom is 0.348 e. The van der Waals surface area contributed by atoms with Crippen LogP contribution in [-0.4, -0.2) is 44.4 Å². The van der Waals surface area contributed by atoms with Crippen molar-refractivity contribution in [2.24, 2.45) is 0 Å². The molecule has 152 valence electrons. The zero-order valence-corrected chi connectivity index (χ0v) is 17.0. The zero-order chi connectivity index (χ0) is 20.4. The molecule has 0 bridgehead atoms. The Morgan fingerprint density at radius 2 is 1.90 bits per heavy atom. The van der Waals surface area contributed by atoms with Crippen LogP contribution < -0.4 is 4.74 Å². The van der Waals surface area contributed by atoms with Crippen LogP contribution in [-0.2, 0) is 17.9 Å². The van der Waals surface area contributed by atoms with Gasteiger partial charge in [0.05, 0.1) is 6.20 Å². The molecule has 1 saturated heterocycles. The van der Waals surface area contributed by atoms with E-state index in [9.17, 15) is 9.90 Å². The van der Waals surface area contributed by atoms with Gasteiger partial charge in [0, 0.05) is 50.3 Å². The summed E-state index contributed by atoms with van der Waals surface area (Å²) in [6.07, 6.45) is 2.83. The van der Waals surface area contributed by atoms with Gasteiger partial charge in [-0.05, 0) is 36.8 Å². The van der Waals surface area contributed by atoms with Crippen molar-refractivity contribution in [3.63, 3.8) is 0 Å². The summed E-state index contributed by atoms with van der Waals surface area (Å²) < 4.78 is 8.10. The summed E-state index contributed by atoms with van der Waals surface area (Å²) in [6.45, 7) is 7.16. The molecule has 0 aliphatic carbocycles. The number of nitrogens with zero attached hydrogens (tertiary/aromatic N) is 3. The predicted molar refractivity (Wildman–Crippen MR) is 112 cm³/mol. The minimum atomic E-state index is -1.18. The van der Waals surface area contributed by atoms with Crippen LogP contribution in [0, 0.1) is 6.92 Å². The second-order valence-electron chi connectivity index (χ2n) is 7.76. The van der Waals surface area contributed by atoms with Crippen LogP contribution in [0.2, 0.25) is 0 Å². The van der Waals surface area contributed by atoms with Crippen LogP contribution in [0.25, 0.3) is 10.8 Å². The van der Waals surface area contributed by atoms with Crippen molar-refractivity contribution in [1.29, 1.82) is 0 Å². The first-order chi connectivity index (χ1) is 14.0. The third-order valence-electron chi connectivity index (χ3n) is 5.99. The van der Waals surface area contributed by atoms with Crippen molar-refractivity contribution >= 4 is 16.7 Å². The number of ether oxygens (including phenoxy) is 1. The molecule has 4 rings (SSSR count). The van der Waals surface area contributed by atoms with Gasteiger partial charge in [-0.15, -0.1) is 0 Å². The number of carboxylic acid groups (broad SMARTS) is 1. The van der Waals surface area contributed by atoms with Crippen molar-refractivity contribution in [2.45, 2.75) is 45.4 Å². The fourth-order valence-corrected chi connectivity index (χ4v) is 4.09. The number of piperidine rings is 1. The van der Waals surface area contributed by atoms with Crippen LogP contribution in [0.5, 0.6) is 5.75 Å². The van der Waals surface area contributed by atoms with E-state index in [1.807, 2.05) is 53.3 Å². The molecule has 0 atom stereocenters. The molecule has 29 heavy (non-hydrogen) atoms. The quantitative estimate of drug-likeness (QED) is 0.689. The molecule has 0 amide bonds. The number of likely N-dealkylation sites (tertiary alicyclic amines) is 1. The third-order valence-corrected chi connectivity index (χ3v) is 5.99. The molecule has 0 saturated carbocycles. The Morgan fingerprint density at radius 1 is 1.17 bits per heavy atom. The molecule has 1 fully saturated rings. The number of hydrogen-bond donors (Lipinski definition) is 1. The van der Waals surface area contributed by atoms with Gasteiger partial charge < -0.3 is 9.84 Å². The molecule has 0 spiro atoms. The van der Waals surface area contributed by atoms with Crippen molar-refractivity contribution in [3.05, 3.63) is 59.9 Å². The van der Waals surface area contributed by atoms with Gasteiger partial charge in [-0.25, -0.2) is 4.79 Å². The molecule has 0 radical (unpaired) electrons. The van der Waals surface area contributed by atoms with E-state index in [0.717, 1.165) is 23.9 Å². The predicted octanol–water partition coefficient (Wildman–Crippen LogP) is 3.86. The highest BCUT2D eigenvalue weighted by molar-refractivity contribution is 5.84. The number of carboxylic acids is 1. The highest BCUT2D eigenvalue weighted by Crippen LogP contribution is 2.31. The average Bonchev–Trinajstić information content (AvgIpc) is 3.08. The largest absolute Gasteiger partial charge is 0.478 e. The summed E-state index contributed by atoms with van der Waals surface area (Å²) in [4.78, 5) is 14.4. The SMILES string of the molecule is CCn1ncc(CN2CCC(Oc3ccc4ccccc4c3)(C(=O)O)CC2)c1C. The summed E-state index contributed by atoms with van der Waals surface area (Å²) >= 11 is 0. The highest BCUT2D eigenvalue weighted by atomic mass is 16.5. The van der Waals surface area contributed by atoms with Gasteiger partial charge in [0.2, 0.25) is 5.60 Å². The zero-order valence-electron chi connectivity index (χ0n) is 17.0. The molecule has 2 aromatic carbocycles. The number of carbonyl (C=O) groups is 1. The molecule has 1 aliphatic rings. The third kappa shape index (κ3) is 3.85. The number of hydrogen-bond acceptors (Lipinski definition) is 4. The van der Waals surface area contributed by atoms with Gasteiger partial charge in [-0.1, -0.05) is 30.3 Å². The lowest BCUT2D eigenvalue weighted by atomic mass is 9.90. The Hall–Kier alpha value is -2.86. The smallest absolute Gasteiger partial charge is 0.348 e. The van der Waals surface area contributed by atoms with Crippen LogP contribution in [0.3, 0.4) is 0 Å². The van der Waals surface area contributed by atoms with E-state index in [-0.39, 0.29) is 0 Å². The topological polar surface area (TPSA) is 67.6 Å². The Balaban J connectivity index is 1.47. The summed E-state index contributed by atoms with van der Waals surface area (Å²) in [5, 5.41) is 16.5. The van der Waals surface area contributed by atoms with Crippen LogP contribution >= 0.6 is 0 Å². The van der Waals surface area contributed by atoms with Crippen LogP contribution in [0.1, 0.15) is 31.0 Å². The van der Waals surface area contributed by atoms with Gasteiger partial charge in [0.15, 0.2) is 0 Å². The van der Waals surface area contributed by atoms with Gasteiger partial charge in [-0.3, -0.25) is 9.58 Å². The molecule has 6 heteroatoms. The second-order valence-corrected chi connectivity index (χ2v) is 7.76. The number of aryl methyl sites for hydroxylation is 1. The normalized spacial score (nSPS) is 16.8. The summed E-state index contributed by atoms with van der Waals surface area (Å²) in [7, 11) is 0. The lowest BCUT2D eigenvalue weighted by Crippen LogP contribution is -2.53. The Labute approximate surface area is 170 Å². The molecule has 2 heterocycles. The standard InChI is InChI=1S/C23H27N3O3/c1-3-26-17(2)20(15-24-26)16-25-12-10-23(11-13-25,22(27)28)29-21-9-8-18-6-4-5-7-19(18)14-21/h4-9,14-15H,3,10-13,16H2,1-2H3,(H,27,28). The van der Waals surface area contributed by atoms with Gasteiger partial charge in [-0.2, -0.15) is 5.10 Å². The number of aromatic nitrogens is 2. The van der Waals surface area contributed by atoms with E-state index in [4.69, 9.17) is 4.74 Å². The Morgan fingerprint density at radius 3 is 2.55 bits per heavy atom. The molecule has 1 N–H and O–H groups in total. The van der Waals surface area contributed by atoms with Crippen molar-refractivity contribution in [1.82, 2.24) is 14.7 Å². The van der Waals surface area contributed by atoms with Crippen molar-refractivity contribution < 1.29 is 14.6 Å². The fraction of sp³-hybridized carbons (Fsp3) is 0.391. The maximum absolute atomic E-state index is 12.1. The Kier molecular flexibility index (Phi) is 5.28. The molecule has 1 aromatic heterocycles. The first kappa shape index (κ1) is 19.5. The minimum absolute atomic E-state index is 0.454. The Bertz CT molecular complexity index is 1020.